The highest BCUT2D eigenvalue weighted by Gasteiger charge is 2.25. The highest BCUT2D eigenvalue weighted by atomic mass is 32.2. The summed E-state index contributed by atoms with van der Waals surface area (Å²) >= 11 is 0. The summed E-state index contributed by atoms with van der Waals surface area (Å²) in [6.07, 6.45) is 1.13. The molecule has 2 aromatic carbocycles. The highest BCUT2D eigenvalue weighted by Crippen LogP contribution is 2.32. The van der Waals surface area contributed by atoms with Crippen LogP contribution in [0.15, 0.2) is 46.2 Å². The lowest BCUT2D eigenvalue weighted by Gasteiger charge is -2.24. The van der Waals surface area contributed by atoms with Crippen LogP contribution < -0.4 is 10.2 Å². The summed E-state index contributed by atoms with van der Waals surface area (Å²) in [7, 11) is -2.12. The zero-order valence-corrected chi connectivity index (χ0v) is 17.8. The van der Waals surface area contributed by atoms with Crippen molar-refractivity contribution in [2.24, 2.45) is 0 Å². The molecule has 1 N–H and O–H groups in total. The van der Waals surface area contributed by atoms with E-state index in [-0.39, 0.29) is 27.8 Å². The van der Waals surface area contributed by atoms with Gasteiger partial charge in [0, 0.05) is 31.7 Å². The second kappa shape index (κ2) is 9.09. The third-order valence-corrected chi connectivity index (χ3v) is 6.94. The van der Waals surface area contributed by atoms with E-state index in [1.54, 1.807) is 19.1 Å². The van der Waals surface area contributed by atoms with E-state index >= 15 is 0 Å². The van der Waals surface area contributed by atoms with Crippen LogP contribution in [0.2, 0.25) is 0 Å². The summed E-state index contributed by atoms with van der Waals surface area (Å²) < 4.78 is 53.1. The average molecular weight is 438 g/mol. The van der Waals surface area contributed by atoms with Crippen molar-refractivity contribution in [3.05, 3.63) is 48.0 Å². The molecule has 0 saturated carbocycles. The molecule has 1 heterocycles. The molecule has 30 heavy (non-hydrogen) atoms. The number of carbonyl (C=O) groups is 1. The molecule has 1 fully saturated rings. The van der Waals surface area contributed by atoms with Gasteiger partial charge >= 0.3 is 0 Å². The summed E-state index contributed by atoms with van der Waals surface area (Å²) in [4.78, 5) is 15.9. The van der Waals surface area contributed by atoms with Gasteiger partial charge in [-0.3, -0.25) is 4.79 Å². The standard InChI is InChI=1S/C21H25F2N3O3S/c1-3-21(27)24-19-13-15(26-10-4-9-25(2)11-12-26)5-8-20(19)30(28,29)16-6-7-17(22)18(23)14-16/h5-8,13-14H,3-4,9-12H2,1-2H3,(H,24,27). The third kappa shape index (κ3) is 4.79. The van der Waals surface area contributed by atoms with Gasteiger partial charge in [0.05, 0.1) is 15.5 Å². The predicted molar refractivity (Wildman–Crippen MR) is 111 cm³/mol. The summed E-state index contributed by atoms with van der Waals surface area (Å²) in [5, 5.41) is 2.64. The zero-order valence-electron chi connectivity index (χ0n) is 17.0. The van der Waals surface area contributed by atoms with Gasteiger partial charge in [0.15, 0.2) is 11.6 Å². The van der Waals surface area contributed by atoms with E-state index in [2.05, 4.69) is 15.1 Å². The fourth-order valence-corrected chi connectivity index (χ4v) is 4.77. The van der Waals surface area contributed by atoms with E-state index in [0.717, 1.165) is 50.4 Å². The van der Waals surface area contributed by atoms with E-state index in [0.29, 0.717) is 6.07 Å². The van der Waals surface area contributed by atoms with E-state index in [9.17, 15) is 22.0 Å². The maximum Gasteiger partial charge on any atom is 0.224 e. The molecule has 162 valence electrons. The Kier molecular flexibility index (Phi) is 6.72. The molecule has 0 unspecified atom stereocenters. The van der Waals surface area contributed by atoms with Crippen LogP contribution >= 0.6 is 0 Å². The van der Waals surface area contributed by atoms with Gasteiger partial charge in [0.1, 0.15) is 0 Å². The van der Waals surface area contributed by atoms with Gasteiger partial charge in [0.25, 0.3) is 0 Å². The van der Waals surface area contributed by atoms with Crippen LogP contribution in [0.3, 0.4) is 0 Å². The number of rotatable bonds is 5. The SMILES string of the molecule is CCC(=O)Nc1cc(N2CCCN(C)CC2)ccc1S(=O)(=O)c1ccc(F)c(F)c1. The quantitative estimate of drug-likeness (QED) is 0.727. The number of amides is 1. The van der Waals surface area contributed by atoms with Crippen LogP contribution in [-0.4, -0.2) is 52.5 Å². The van der Waals surface area contributed by atoms with Crippen molar-refractivity contribution < 1.29 is 22.0 Å². The van der Waals surface area contributed by atoms with Crippen molar-refractivity contribution in [2.45, 2.75) is 29.6 Å². The molecule has 0 spiro atoms. The van der Waals surface area contributed by atoms with Gasteiger partial charge in [0.2, 0.25) is 15.7 Å². The molecule has 1 aliphatic rings. The maximum atomic E-state index is 13.6. The summed E-state index contributed by atoms with van der Waals surface area (Å²) in [6.45, 7) is 5.07. The first kappa shape index (κ1) is 22.2. The Bertz CT molecular complexity index is 1040. The van der Waals surface area contributed by atoms with Crippen LogP contribution in [0.25, 0.3) is 0 Å². The van der Waals surface area contributed by atoms with Crippen LogP contribution in [0.1, 0.15) is 19.8 Å². The number of likely N-dealkylation sites (N-methyl/N-ethyl adjacent to an activating group) is 1. The summed E-state index contributed by atoms with van der Waals surface area (Å²) in [6, 6.07) is 7.15. The Morgan fingerprint density at radius 3 is 2.50 bits per heavy atom. The number of hydrogen-bond acceptors (Lipinski definition) is 5. The minimum absolute atomic E-state index is 0.127. The number of nitrogens with zero attached hydrogens (tertiary/aromatic N) is 2. The average Bonchev–Trinajstić information content (AvgIpc) is 2.94. The fourth-order valence-electron chi connectivity index (χ4n) is 3.36. The lowest BCUT2D eigenvalue weighted by molar-refractivity contribution is -0.115. The normalized spacial score (nSPS) is 15.7. The summed E-state index contributed by atoms with van der Waals surface area (Å²) in [5.74, 6) is -2.72. The van der Waals surface area contributed by atoms with Gasteiger partial charge < -0.3 is 15.1 Å². The highest BCUT2D eigenvalue weighted by molar-refractivity contribution is 7.91. The largest absolute Gasteiger partial charge is 0.370 e. The van der Waals surface area contributed by atoms with Gasteiger partial charge in [-0.1, -0.05) is 6.92 Å². The molecule has 0 aromatic heterocycles. The molecule has 9 heteroatoms. The molecule has 1 amide bonds. The van der Waals surface area contributed by atoms with Gasteiger partial charge in [-0.2, -0.15) is 0 Å². The number of hydrogen-bond donors (Lipinski definition) is 1. The molecule has 0 atom stereocenters. The lowest BCUT2D eigenvalue weighted by atomic mass is 10.2. The molecule has 1 saturated heterocycles. The Labute approximate surface area is 175 Å². The van der Waals surface area contributed by atoms with E-state index < -0.39 is 21.5 Å². The third-order valence-electron chi connectivity index (χ3n) is 5.13. The van der Waals surface area contributed by atoms with Crippen molar-refractivity contribution in [3.8, 4) is 0 Å². The number of benzene rings is 2. The second-order valence-corrected chi connectivity index (χ2v) is 9.22. The van der Waals surface area contributed by atoms with Crippen LogP contribution in [0.5, 0.6) is 0 Å². The first-order valence-electron chi connectivity index (χ1n) is 9.80. The Morgan fingerprint density at radius 1 is 1.03 bits per heavy atom. The second-order valence-electron chi connectivity index (χ2n) is 7.31. The minimum Gasteiger partial charge on any atom is -0.370 e. The molecule has 0 aliphatic carbocycles. The molecule has 1 aliphatic heterocycles. The van der Waals surface area contributed by atoms with Gasteiger partial charge in [-0.15, -0.1) is 0 Å². The number of sulfone groups is 1. The molecule has 2 aromatic rings. The van der Waals surface area contributed by atoms with Crippen LogP contribution in [-0.2, 0) is 14.6 Å². The van der Waals surface area contributed by atoms with Crippen molar-refractivity contribution in [1.82, 2.24) is 4.90 Å². The summed E-state index contributed by atoms with van der Waals surface area (Å²) in [5.41, 5.74) is 0.919. The minimum atomic E-state index is -4.17. The number of anilines is 2. The van der Waals surface area contributed by atoms with E-state index in [1.807, 2.05) is 7.05 Å². The first-order chi connectivity index (χ1) is 14.2. The molecular formula is C21H25F2N3O3S. The Hall–Kier alpha value is -2.52. The monoisotopic (exact) mass is 437 g/mol. The number of carbonyl (C=O) groups excluding carboxylic acids is 1. The van der Waals surface area contributed by atoms with Crippen molar-refractivity contribution >= 4 is 27.1 Å². The Balaban J connectivity index is 2.04. The molecule has 0 bridgehead atoms. The number of nitrogens with one attached hydrogen (secondary N) is 1. The molecule has 3 rings (SSSR count). The van der Waals surface area contributed by atoms with Crippen LogP contribution in [0.4, 0.5) is 20.2 Å². The van der Waals surface area contributed by atoms with E-state index in [1.165, 1.54) is 6.07 Å². The van der Waals surface area contributed by atoms with Gasteiger partial charge in [-0.05, 0) is 56.4 Å². The zero-order chi connectivity index (χ0) is 21.9. The fraction of sp³-hybridized carbons (Fsp3) is 0.381. The first-order valence-corrected chi connectivity index (χ1v) is 11.3. The van der Waals surface area contributed by atoms with Crippen LogP contribution in [0, 0.1) is 11.6 Å². The lowest BCUT2D eigenvalue weighted by Crippen LogP contribution is -2.29. The van der Waals surface area contributed by atoms with Crippen molar-refractivity contribution in [1.29, 1.82) is 0 Å². The van der Waals surface area contributed by atoms with Crippen molar-refractivity contribution in [3.63, 3.8) is 0 Å². The Morgan fingerprint density at radius 2 is 1.80 bits per heavy atom. The molecule has 6 nitrogen and oxygen atoms in total. The van der Waals surface area contributed by atoms with Crippen molar-refractivity contribution in [2.75, 3.05) is 43.4 Å². The van der Waals surface area contributed by atoms with Gasteiger partial charge in [-0.25, -0.2) is 17.2 Å². The maximum absolute atomic E-state index is 13.6. The molecule has 0 radical (unpaired) electrons. The molecular weight excluding hydrogens is 412 g/mol. The topological polar surface area (TPSA) is 69.7 Å². The van der Waals surface area contributed by atoms with E-state index in [4.69, 9.17) is 0 Å². The predicted octanol–water partition coefficient (Wildman–Crippen LogP) is 3.29. The smallest absolute Gasteiger partial charge is 0.224 e. The number of halogens is 2.